The first-order valence-electron chi connectivity index (χ1n) is 6.58. The Morgan fingerprint density at radius 2 is 1.85 bits per heavy atom. The number of carboxylic acid groups (broad SMARTS) is 1. The molecule has 1 aromatic carbocycles. The zero-order valence-corrected chi connectivity index (χ0v) is 12.6. The second-order valence-electron chi connectivity index (χ2n) is 5.09. The van der Waals surface area contributed by atoms with E-state index in [0.29, 0.717) is 12.8 Å². The van der Waals surface area contributed by atoms with E-state index in [9.17, 15) is 13.2 Å². The molecule has 1 aromatic rings. The van der Waals surface area contributed by atoms with Gasteiger partial charge < -0.3 is 5.11 Å². The average Bonchev–Trinajstić information content (AvgIpc) is 2.36. The van der Waals surface area contributed by atoms with Crippen LogP contribution in [0.15, 0.2) is 30.3 Å². The van der Waals surface area contributed by atoms with Gasteiger partial charge in [0.25, 0.3) is 0 Å². The van der Waals surface area contributed by atoms with E-state index in [1.165, 1.54) is 0 Å². The third-order valence-corrected chi connectivity index (χ3v) is 4.40. The zero-order valence-electron chi connectivity index (χ0n) is 11.7. The number of aliphatic carboxylic acids is 1. The van der Waals surface area contributed by atoms with Crippen molar-refractivity contribution < 1.29 is 18.3 Å². The highest BCUT2D eigenvalue weighted by Crippen LogP contribution is 2.07. The molecule has 0 saturated heterocycles. The highest BCUT2D eigenvalue weighted by Gasteiger charge is 2.26. The first-order valence-corrected chi connectivity index (χ1v) is 8.24. The summed E-state index contributed by atoms with van der Waals surface area (Å²) in [5.74, 6) is -1.51. The number of carboxylic acids is 1. The van der Waals surface area contributed by atoms with Crippen LogP contribution in [-0.4, -0.2) is 31.3 Å². The van der Waals surface area contributed by atoms with Crippen molar-refractivity contribution in [2.75, 3.05) is 5.75 Å². The van der Waals surface area contributed by atoms with Gasteiger partial charge in [0.2, 0.25) is 10.0 Å². The molecule has 20 heavy (non-hydrogen) atoms. The van der Waals surface area contributed by atoms with Crippen molar-refractivity contribution in [3.8, 4) is 0 Å². The van der Waals surface area contributed by atoms with E-state index in [1.54, 1.807) is 13.8 Å². The molecule has 0 fully saturated rings. The summed E-state index contributed by atoms with van der Waals surface area (Å²) in [7, 11) is -3.57. The molecular formula is C14H21NO4S. The molecule has 0 amide bonds. The van der Waals surface area contributed by atoms with Gasteiger partial charge in [0.05, 0.1) is 5.75 Å². The number of carbonyl (C=O) groups is 1. The molecule has 0 aromatic heterocycles. The molecule has 2 N–H and O–H groups in total. The van der Waals surface area contributed by atoms with Crippen LogP contribution in [0.25, 0.3) is 0 Å². The molecule has 0 bridgehead atoms. The van der Waals surface area contributed by atoms with Gasteiger partial charge in [-0.1, -0.05) is 44.2 Å². The Kier molecular flexibility index (Phi) is 6.16. The van der Waals surface area contributed by atoms with E-state index in [2.05, 4.69) is 4.72 Å². The van der Waals surface area contributed by atoms with Crippen molar-refractivity contribution in [3.05, 3.63) is 35.9 Å². The number of hydrogen-bond donors (Lipinski definition) is 2. The molecule has 0 aliphatic heterocycles. The van der Waals surface area contributed by atoms with E-state index >= 15 is 0 Å². The molecule has 112 valence electrons. The lowest BCUT2D eigenvalue weighted by Crippen LogP contribution is -2.45. The summed E-state index contributed by atoms with van der Waals surface area (Å²) in [6.07, 6.45) is 1.12. The monoisotopic (exact) mass is 299 g/mol. The van der Waals surface area contributed by atoms with Gasteiger partial charge >= 0.3 is 5.97 Å². The SMILES string of the molecule is CC(C)[C@@H](NS(=O)(=O)CCCc1ccccc1)C(=O)O. The Morgan fingerprint density at radius 1 is 1.25 bits per heavy atom. The third kappa shape index (κ3) is 5.71. The van der Waals surface area contributed by atoms with Crippen LogP contribution < -0.4 is 4.72 Å². The molecule has 5 nitrogen and oxygen atoms in total. The van der Waals surface area contributed by atoms with Crippen LogP contribution in [0, 0.1) is 5.92 Å². The molecule has 0 radical (unpaired) electrons. The van der Waals surface area contributed by atoms with Crippen LogP contribution in [0.2, 0.25) is 0 Å². The second kappa shape index (κ2) is 7.40. The fraction of sp³-hybridized carbons (Fsp3) is 0.500. The first-order chi connectivity index (χ1) is 9.32. The van der Waals surface area contributed by atoms with Gasteiger partial charge in [0, 0.05) is 0 Å². The molecule has 1 atom stereocenters. The number of aryl methyl sites for hydroxylation is 1. The van der Waals surface area contributed by atoms with Crippen LogP contribution in [-0.2, 0) is 21.2 Å². The van der Waals surface area contributed by atoms with Crippen LogP contribution in [0.5, 0.6) is 0 Å². The van der Waals surface area contributed by atoms with Crippen molar-refractivity contribution in [3.63, 3.8) is 0 Å². The van der Waals surface area contributed by atoms with E-state index in [-0.39, 0.29) is 11.7 Å². The predicted molar refractivity (Wildman–Crippen MR) is 77.9 cm³/mol. The van der Waals surface area contributed by atoms with E-state index < -0.39 is 22.0 Å². The minimum atomic E-state index is -3.57. The summed E-state index contributed by atoms with van der Waals surface area (Å²) in [5, 5.41) is 8.98. The summed E-state index contributed by atoms with van der Waals surface area (Å²) < 4.78 is 26.0. The normalized spacial score (nSPS) is 13.3. The van der Waals surface area contributed by atoms with Crippen molar-refractivity contribution in [2.24, 2.45) is 5.92 Å². The minimum absolute atomic E-state index is 0.0710. The summed E-state index contributed by atoms with van der Waals surface area (Å²) >= 11 is 0. The minimum Gasteiger partial charge on any atom is -0.480 e. The van der Waals surface area contributed by atoms with Crippen molar-refractivity contribution >= 4 is 16.0 Å². The van der Waals surface area contributed by atoms with Gasteiger partial charge in [-0.3, -0.25) is 4.79 Å². The summed E-state index contributed by atoms with van der Waals surface area (Å²) in [6, 6.07) is 8.52. The Bertz CT molecular complexity index is 525. The van der Waals surface area contributed by atoms with Crippen molar-refractivity contribution in [2.45, 2.75) is 32.7 Å². The van der Waals surface area contributed by atoms with E-state index in [4.69, 9.17) is 5.11 Å². The van der Waals surface area contributed by atoms with Gasteiger partial charge in [0.15, 0.2) is 0 Å². The van der Waals surface area contributed by atoms with Gasteiger partial charge in [-0.15, -0.1) is 0 Å². The number of hydrogen-bond acceptors (Lipinski definition) is 3. The largest absolute Gasteiger partial charge is 0.480 e. The van der Waals surface area contributed by atoms with E-state index in [1.807, 2.05) is 30.3 Å². The van der Waals surface area contributed by atoms with Crippen LogP contribution in [0.3, 0.4) is 0 Å². The van der Waals surface area contributed by atoms with Crippen LogP contribution in [0.1, 0.15) is 25.8 Å². The highest BCUT2D eigenvalue weighted by molar-refractivity contribution is 7.89. The zero-order chi connectivity index (χ0) is 15.2. The smallest absolute Gasteiger partial charge is 0.321 e. The maximum absolute atomic E-state index is 11.9. The standard InChI is InChI=1S/C14H21NO4S/c1-11(2)13(14(16)17)15-20(18,19)10-6-9-12-7-4-3-5-8-12/h3-5,7-8,11,13,15H,6,9-10H2,1-2H3,(H,16,17)/t13-/m1/s1. The lowest BCUT2D eigenvalue weighted by Gasteiger charge is -2.17. The lowest BCUT2D eigenvalue weighted by atomic mass is 10.1. The topological polar surface area (TPSA) is 83.5 Å². The van der Waals surface area contributed by atoms with Gasteiger partial charge in [-0.05, 0) is 24.3 Å². The van der Waals surface area contributed by atoms with Gasteiger partial charge in [-0.2, -0.15) is 0 Å². The number of benzene rings is 1. The molecule has 0 saturated carbocycles. The Hall–Kier alpha value is -1.40. The van der Waals surface area contributed by atoms with E-state index in [0.717, 1.165) is 5.56 Å². The average molecular weight is 299 g/mol. The third-order valence-electron chi connectivity index (χ3n) is 2.96. The van der Waals surface area contributed by atoms with Gasteiger partial charge in [-0.25, -0.2) is 13.1 Å². The molecule has 0 aliphatic carbocycles. The fourth-order valence-electron chi connectivity index (χ4n) is 1.84. The molecular weight excluding hydrogens is 278 g/mol. The van der Waals surface area contributed by atoms with Crippen molar-refractivity contribution in [1.29, 1.82) is 0 Å². The molecule has 0 heterocycles. The van der Waals surface area contributed by atoms with Gasteiger partial charge in [0.1, 0.15) is 6.04 Å². The molecule has 1 rings (SSSR count). The maximum Gasteiger partial charge on any atom is 0.321 e. The number of sulfonamides is 1. The quantitative estimate of drug-likeness (QED) is 0.764. The number of nitrogens with one attached hydrogen (secondary N) is 1. The maximum atomic E-state index is 11.9. The van der Waals surface area contributed by atoms with Crippen LogP contribution >= 0.6 is 0 Å². The predicted octanol–water partition coefficient (Wildman–Crippen LogP) is 1.65. The van der Waals surface area contributed by atoms with Crippen molar-refractivity contribution in [1.82, 2.24) is 4.72 Å². The lowest BCUT2D eigenvalue weighted by molar-refractivity contribution is -0.140. The molecule has 0 aliphatic rings. The summed E-state index contributed by atoms with van der Waals surface area (Å²) in [5.41, 5.74) is 1.07. The number of rotatable bonds is 8. The second-order valence-corrected chi connectivity index (χ2v) is 6.96. The highest BCUT2D eigenvalue weighted by atomic mass is 32.2. The molecule has 0 spiro atoms. The Labute approximate surface area is 120 Å². The van der Waals surface area contributed by atoms with Crippen LogP contribution in [0.4, 0.5) is 0 Å². The first kappa shape index (κ1) is 16.7. The molecule has 6 heteroatoms. The molecule has 0 unspecified atom stereocenters. The Balaban J connectivity index is 2.51. The summed E-state index contributed by atoms with van der Waals surface area (Å²) in [4.78, 5) is 11.0. The Morgan fingerprint density at radius 3 is 2.35 bits per heavy atom. The fourth-order valence-corrected chi connectivity index (χ4v) is 3.24. The summed E-state index contributed by atoms with van der Waals surface area (Å²) in [6.45, 7) is 3.34.